The van der Waals surface area contributed by atoms with Crippen LogP contribution in [0.15, 0.2) is 12.3 Å². The van der Waals surface area contributed by atoms with Gasteiger partial charge in [-0.1, -0.05) is 0 Å². The van der Waals surface area contributed by atoms with Crippen molar-refractivity contribution in [3.05, 3.63) is 23.5 Å². The third kappa shape index (κ3) is 2.01. The number of Topliss-reactive ketones (excluding diaryl/α,β-unsaturated/α-hetero) is 1. The van der Waals surface area contributed by atoms with Gasteiger partial charge in [0.2, 0.25) is 0 Å². The van der Waals surface area contributed by atoms with Gasteiger partial charge in [-0.05, 0) is 13.0 Å². The largest absolute Gasteiger partial charge is 0.506 e. The van der Waals surface area contributed by atoms with Crippen molar-refractivity contribution in [3.63, 3.8) is 0 Å². The van der Waals surface area contributed by atoms with Crippen LogP contribution in [0, 0.1) is 0 Å². The molecular formula is C8H6F3NO2. The lowest BCUT2D eigenvalue weighted by Gasteiger charge is -2.07. The quantitative estimate of drug-likeness (QED) is 0.713. The van der Waals surface area contributed by atoms with Gasteiger partial charge in [0.05, 0.1) is 11.8 Å². The number of rotatable bonds is 1. The summed E-state index contributed by atoms with van der Waals surface area (Å²) in [5, 5.41) is 9.02. The van der Waals surface area contributed by atoms with Crippen molar-refractivity contribution in [3.8, 4) is 5.75 Å². The van der Waals surface area contributed by atoms with Crippen LogP contribution in [0.4, 0.5) is 13.2 Å². The monoisotopic (exact) mass is 205 g/mol. The molecule has 1 rings (SSSR count). The number of carbonyl (C=O) groups excluding carboxylic acids is 1. The van der Waals surface area contributed by atoms with Crippen LogP contribution in [0.2, 0.25) is 0 Å². The van der Waals surface area contributed by atoms with Crippen molar-refractivity contribution in [2.75, 3.05) is 0 Å². The minimum Gasteiger partial charge on any atom is -0.506 e. The molecular weight excluding hydrogens is 199 g/mol. The number of pyridine rings is 1. The summed E-state index contributed by atoms with van der Waals surface area (Å²) in [6, 6.07) is 0.525. The van der Waals surface area contributed by atoms with Gasteiger partial charge in [0.1, 0.15) is 11.4 Å². The zero-order valence-corrected chi connectivity index (χ0v) is 7.09. The topological polar surface area (TPSA) is 50.2 Å². The van der Waals surface area contributed by atoms with Crippen LogP contribution in [-0.2, 0) is 6.18 Å². The average molecular weight is 205 g/mol. The predicted octanol–water partition coefficient (Wildman–Crippen LogP) is 2.01. The van der Waals surface area contributed by atoms with E-state index in [1.165, 1.54) is 0 Å². The molecule has 0 aliphatic carbocycles. The molecule has 1 aromatic heterocycles. The SMILES string of the molecule is CC(=O)c1cc(C(F)(F)F)ncc1O. The number of halogens is 3. The van der Waals surface area contributed by atoms with Gasteiger partial charge >= 0.3 is 6.18 Å². The molecule has 6 heteroatoms. The Labute approximate surface area is 77.2 Å². The first-order valence-corrected chi connectivity index (χ1v) is 3.59. The van der Waals surface area contributed by atoms with E-state index in [-0.39, 0.29) is 5.56 Å². The molecule has 0 spiro atoms. The van der Waals surface area contributed by atoms with Gasteiger partial charge in [-0.2, -0.15) is 13.2 Å². The lowest BCUT2D eigenvalue weighted by molar-refractivity contribution is -0.141. The van der Waals surface area contributed by atoms with E-state index in [4.69, 9.17) is 5.11 Å². The van der Waals surface area contributed by atoms with E-state index in [1.807, 2.05) is 0 Å². The summed E-state index contributed by atoms with van der Waals surface area (Å²) in [7, 11) is 0. The van der Waals surface area contributed by atoms with Gasteiger partial charge in [-0.3, -0.25) is 4.79 Å². The van der Waals surface area contributed by atoms with Crippen molar-refractivity contribution < 1.29 is 23.1 Å². The molecule has 1 aromatic rings. The van der Waals surface area contributed by atoms with Crippen LogP contribution in [0.1, 0.15) is 23.0 Å². The van der Waals surface area contributed by atoms with Crippen molar-refractivity contribution in [2.45, 2.75) is 13.1 Å². The maximum Gasteiger partial charge on any atom is 0.433 e. The highest BCUT2D eigenvalue weighted by Gasteiger charge is 2.33. The van der Waals surface area contributed by atoms with Crippen LogP contribution in [0.3, 0.4) is 0 Å². The Morgan fingerprint density at radius 2 is 2.07 bits per heavy atom. The first-order chi connectivity index (χ1) is 6.32. The summed E-state index contributed by atoms with van der Waals surface area (Å²) in [6.07, 6.45) is -4.00. The molecule has 0 aliphatic heterocycles. The first kappa shape index (κ1) is 10.5. The lowest BCUT2D eigenvalue weighted by atomic mass is 10.1. The van der Waals surface area contributed by atoms with Gasteiger partial charge in [-0.15, -0.1) is 0 Å². The maximum absolute atomic E-state index is 12.1. The van der Waals surface area contributed by atoms with E-state index in [0.29, 0.717) is 12.3 Å². The number of hydrogen-bond acceptors (Lipinski definition) is 3. The second kappa shape index (κ2) is 3.28. The van der Waals surface area contributed by atoms with Gasteiger partial charge in [0.15, 0.2) is 5.78 Å². The molecule has 0 bridgehead atoms. The zero-order chi connectivity index (χ0) is 10.9. The molecule has 76 valence electrons. The van der Waals surface area contributed by atoms with Crippen LogP contribution in [0.25, 0.3) is 0 Å². The molecule has 0 saturated carbocycles. The number of aromatic nitrogens is 1. The number of carbonyl (C=O) groups is 1. The summed E-state index contributed by atoms with van der Waals surface area (Å²) in [4.78, 5) is 13.8. The van der Waals surface area contributed by atoms with Gasteiger partial charge in [-0.25, -0.2) is 4.98 Å². The fraction of sp³-hybridized carbons (Fsp3) is 0.250. The molecule has 1 heterocycles. The van der Waals surface area contributed by atoms with E-state index in [2.05, 4.69) is 4.98 Å². The minimum atomic E-state index is -4.61. The van der Waals surface area contributed by atoms with Crippen molar-refractivity contribution in [1.82, 2.24) is 4.98 Å². The summed E-state index contributed by atoms with van der Waals surface area (Å²) < 4.78 is 36.3. The average Bonchev–Trinajstić information content (AvgIpc) is 2.02. The molecule has 0 unspecified atom stereocenters. The van der Waals surface area contributed by atoms with Crippen LogP contribution in [-0.4, -0.2) is 15.9 Å². The molecule has 0 aliphatic rings. The zero-order valence-electron chi connectivity index (χ0n) is 7.09. The molecule has 1 N–H and O–H groups in total. The Balaban J connectivity index is 3.27. The fourth-order valence-corrected chi connectivity index (χ4v) is 0.885. The van der Waals surface area contributed by atoms with Gasteiger partial charge in [0.25, 0.3) is 0 Å². The van der Waals surface area contributed by atoms with Crippen molar-refractivity contribution in [2.24, 2.45) is 0 Å². The molecule has 3 nitrogen and oxygen atoms in total. The van der Waals surface area contributed by atoms with E-state index in [9.17, 15) is 18.0 Å². The number of nitrogens with zero attached hydrogens (tertiary/aromatic N) is 1. The second-order valence-electron chi connectivity index (χ2n) is 2.64. The molecule has 0 fully saturated rings. The summed E-state index contributed by atoms with van der Waals surface area (Å²) in [5.74, 6) is -1.19. The highest BCUT2D eigenvalue weighted by atomic mass is 19.4. The predicted molar refractivity (Wildman–Crippen MR) is 40.9 cm³/mol. The normalized spacial score (nSPS) is 11.4. The van der Waals surface area contributed by atoms with E-state index in [1.54, 1.807) is 0 Å². The molecule has 14 heavy (non-hydrogen) atoms. The third-order valence-corrected chi connectivity index (χ3v) is 1.55. The Kier molecular flexibility index (Phi) is 2.46. The summed E-state index contributed by atoms with van der Waals surface area (Å²) in [6.45, 7) is 1.06. The molecule has 0 atom stereocenters. The Morgan fingerprint density at radius 1 is 1.50 bits per heavy atom. The van der Waals surface area contributed by atoms with Crippen LogP contribution < -0.4 is 0 Å². The fourth-order valence-electron chi connectivity index (χ4n) is 0.885. The van der Waals surface area contributed by atoms with Gasteiger partial charge < -0.3 is 5.11 Å². The summed E-state index contributed by atoms with van der Waals surface area (Å²) in [5.41, 5.74) is -1.58. The smallest absolute Gasteiger partial charge is 0.433 e. The van der Waals surface area contributed by atoms with Crippen LogP contribution >= 0.6 is 0 Å². The van der Waals surface area contributed by atoms with Crippen molar-refractivity contribution in [1.29, 1.82) is 0 Å². The van der Waals surface area contributed by atoms with Crippen molar-refractivity contribution >= 4 is 5.78 Å². The van der Waals surface area contributed by atoms with E-state index in [0.717, 1.165) is 6.92 Å². The number of ketones is 1. The third-order valence-electron chi connectivity index (χ3n) is 1.55. The Bertz CT molecular complexity index is 373. The maximum atomic E-state index is 12.1. The molecule has 0 aromatic carbocycles. The highest BCUT2D eigenvalue weighted by Crippen LogP contribution is 2.30. The number of alkyl halides is 3. The first-order valence-electron chi connectivity index (χ1n) is 3.59. The molecule has 0 amide bonds. The lowest BCUT2D eigenvalue weighted by Crippen LogP contribution is -2.09. The highest BCUT2D eigenvalue weighted by molar-refractivity contribution is 5.96. The Hall–Kier alpha value is -1.59. The standard InChI is InChI=1S/C8H6F3NO2/c1-4(13)5-2-7(8(9,10)11)12-3-6(5)14/h2-3,14H,1H3. The number of aromatic hydroxyl groups is 1. The molecule has 0 saturated heterocycles. The molecule has 0 radical (unpaired) electrons. The van der Waals surface area contributed by atoms with E-state index < -0.39 is 23.4 Å². The van der Waals surface area contributed by atoms with Gasteiger partial charge in [0, 0.05) is 0 Å². The van der Waals surface area contributed by atoms with Crippen LogP contribution in [0.5, 0.6) is 5.75 Å². The number of hydrogen-bond donors (Lipinski definition) is 1. The summed E-state index contributed by atoms with van der Waals surface area (Å²) >= 11 is 0. The minimum absolute atomic E-state index is 0.382. The van der Waals surface area contributed by atoms with E-state index >= 15 is 0 Å². The second-order valence-corrected chi connectivity index (χ2v) is 2.64. The Morgan fingerprint density at radius 3 is 2.50 bits per heavy atom.